The number of nitrogens with zero attached hydrogens (tertiary/aromatic N) is 2. The maximum atomic E-state index is 11.5. The Bertz CT molecular complexity index is 935. The molecule has 226 valence electrons. The highest BCUT2D eigenvalue weighted by molar-refractivity contribution is 5.80. The second-order valence-corrected chi connectivity index (χ2v) is 14.2. The molecule has 4 aliphatic rings. The third kappa shape index (κ3) is 7.18. The van der Waals surface area contributed by atoms with E-state index in [0.29, 0.717) is 23.5 Å². The minimum atomic E-state index is -0.736. The van der Waals surface area contributed by atoms with Gasteiger partial charge < -0.3 is 14.6 Å². The molecule has 0 amide bonds. The predicted molar refractivity (Wildman–Crippen MR) is 161 cm³/mol. The zero-order valence-electron chi connectivity index (χ0n) is 26.2. The van der Waals surface area contributed by atoms with E-state index >= 15 is 0 Å². The van der Waals surface area contributed by atoms with E-state index in [-0.39, 0.29) is 10.8 Å². The molecule has 2 aliphatic heterocycles. The van der Waals surface area contributed by atoms with Crippen LogP contribution in [0.25, 0.3) is 0 Å². The van der Waals surface area contributed by atoms with Crippen LogP contribution in [0, 0.1) is 34.5 Å². The average molecular weight is 557 g/mol. The summed E-state index contributed by atoms with van der Waals surface area (Å²) in [6, 6.07) is 10.2. The first-order valence-electron chi connectivity index (χ1n) is 15.8. The first kappa shape index (κ1) is 31.6. The summed E-state index contributed by atoms with van der Waals surface area (Å²) in [6.07, 6.45) is 4.69. The number of benzene rings is 1. The van der Waals surface area contributed by atoms with Crippen LogP contribution in [0.3, 0.4) is 0 Å². The van der Waals surface area contributed by atoms with Crippen LogP contribution in [0.4, 0.5) is 0 Å². The van der Waals surface area contributed by atoms with Gasteiger partial charge in [0.1, 0.15) is 5.78 Å². The molecule has 2 saturated heterocycles. The smallest absolute Gasteiger partial charge is 0.133 e. The first-order chi connectivity index (χ1) is 18.9. The van der Waals surface area contributed by atoms with Gasteiger partial charge in [0.15, 0.2) is 0 Å². The number of ketones is 1. The largest absolute Gasteiger partial charge is 0.385 e. The molecule has 1 unspecified atom stereocenters. The van der Waals surface area contributed by atoms with Crippen molar-refractivity contribution >= 4 is 5.78 Å². The van der Waals surface area contributed by atoms with Crippen molar-refractivity contribution in [1.82, 2.24) is 9.80 Å². The van der Waals surface area contributed by atoms with Crippen molar-refractivity contribution < 1.29 is 19.4 Å². The molecule has 4 fully saturated rings. The fourth-order valence-corrected chi connectivity index (χ4v) is 7.96. The Morgan fingerprint density at radius 2 is 1.32 bits per heavy atom. The lowest BCUT2D eigenvalue weighted by Crippen LogP contribution is -2.55. The van der Waals surface area contributed by atoms with Crippen LogP contribution in [0.15, 0.2) is 30.3 Å². The van der Waals surface area contributed by atoms with Crippen molar-refractivity contribution in [2.24, 2.45) is 34.5 Å². The van der Waals surface area contributed by atoms with Crippen LogP contribution in [-0.2, 0) is 19.9 Å². The summed E-state index contributed by atoms with van der Waals surface area (Å²) in [5.74, 6) is 2.42. The molecule has 2 aliphatic carbocycles. The normalized spacial score (nSPS) is 31.6. The van der Waals surface area contributed by atoms with Crippen molar-refractivity contribution in [3.63, 3.8) is 0 Å². The van der Waals surface area contributed by atoms with Crippen molar-refractivity contribution in [3.8, 4) is 0 Å². The molecule has 1 N–H and O–H groups in total. The Morgan fingerprint density at radius 3 is 1.75 bits per heavy atom. The van der Waals surface area contributed by atoms with Crippen molar-refractivity contribution in [2.45, 2.75) is 72.8 Å². The van der Waals surface area contributed by atoms with Crippen LogP contribution < -0.4 is 0 Å². The number of hydrogen-bond donors (Lipinski definition) is 1. The van der Waals surface area contributed by atoms with Gasteiger partial charge in [-0.2, -0.15) is 0 Å². The molecule has 0 spiro atoms. The van der Waals surface area contributed by atoms with Gasteiger partial charge in [-0.15, -0.1) is 0 Å². The molecule has 40 heavy (non-hydrogen) atoms. The summed E-state index contributed by atoms with van der Waals surface area (Å²) < 4.78 is 10.8. The third-order valence-electron chi connectivity index (χ3n) is 11.3. The summed E-state index contributed by atoms with van der Waals surface area (Å²) in [5, 5.41) is 11.1. The Labute approximate surface area is 243 Å². The number of aliphatic hydroxyl groups is 1. The standard InChI is InChI=1S/C20H31NO2.C14H25NO2/c1-19(2)17(9-10-21-11-13-23-14-12-21)15-18(19)20(3,22)16-7-5-4-6-8-16;1-11(16)13-10-12(14(13,2)3)4-5-15-6-8-17-9-7-15/h4-8,17-18,22H,9-15H2,1-3H3;12-13H,4-10H2,1-3H3/t17-,18+,20?;12-,13-/m00/s1. The van der Waals surface area contributed by atoms with Gasteiger partial charge >= 0.3 is 0 Å². The van der Waals surface area contributed by atoms with E-state index in [1.165, 1.54) is 19.4 Å². The zero-order valence-corrected chi connectivity index (χ0v) is 26.2. The number of hydrogen-bond acceptors (Lipinski definition) is 6. The second kappa shape index (κ2) is 13.3. The van der Waals surface area contributed by atoms with Gasteiger partial charge in [-0.3, -0.25) is 14.6 Å². The second-order valence-electron chi connectivity index (χ2n) is 14.2. The fraction of sp³-hybridized carbons (Fsp3) is 0.794. The number of Topliss-reactive ketones (excluding diaryl/α,β-unsaturated/α-hetero) is 1. The number of carbonyl (C=O) groups is 1. The molecular weight excluding hydrogens is 500 g/mol. The molecule has 6 heteroatoms. The van der Waals surface area contributed by atoms with Gasteiger partial charge in [0.25, 0.3) is 0 Å². The van der Waals surface area contributed by atoms with Gasteiger partial charge in [0.05, 0.1) is 32.0 Å². The van der Waals surface area contributed by atoms with E-state index < -0.39 is 5.60 Å². The summed E-state index contributed by atoms with van der Waals surface area (Å²) in [7, 11) is 0. The summed E-state index contributed by atoms with van der Waals surface area (Å²) in [6.45, 7) is 23.0. The minimum Gasteiger partial charge on any atom is -0.385 e. The van der Waals surface area contributed by atoms with Crippen LogP contribution >= 0.6 is 0 Å². The van der Waals surface area contributed by atoms with Crippen LogP contribution in [0.5, 0.6) is 0 Å². The molecule has 5 rings (SSSR count). The summed E-state index contributed by atoms with van der Waals surface area (Å²) >= 11 is 0. The summed E-state index contributed by atoms with van der Waals surface area (Å²) in [5.41, 5.74) is 0.717. The molecule has 1 aromatic rings. The Hall–Kier alpha value is -1.31. The maximum Gasteiger partial charge on any atom is 0.133 e. The van der Waals surface area contributed by atoms with Crippen LogP contribution in [-0.4, -0.2) is 86.4 Å². The van der Waals surface area contributed by atoms with Gasteiger partial charge in [0, 0.05) is 32.1 Å². The lowest BCUT2D eigenvalue weighted by molar-refractivity contribution is -0.156. The predicted octanol–water partition coefficient (Wildman–Crippen LogP) is 5.24. The first-order valence-corrected chi connectivity index (χ1v) is 15.8. The van der Waals surface area contributed by atoms with E-state index in [0.717, 1.165) is 83.5 Å². The molecule has 0 bridgehead atoms. The Morgan fingerprint density at radius 1 is 0.850 bits per heavy atom. The molecular formula is C34H56N2O4. The third-order valence-corrected chi connectivity index (χ3v) is 11.3. The highest BCUT2D eigenvalue weighted by atomic mass is 16.5. The quantitative estimate of drug-likeness (QED) is 0.449. The molecule has 6 nitrogen and oxygen atoms in total. The topological polar surface area (TPSA) is 62.2 Å². The lowest BCUT2D eigenvalue weighted by atomic mass is 9.48. The Balaban J connectivity index is 0.000000194. The SMILES string of the molecule is CC(=O)[C@@H]1C[C@H](CCN2CCOCC2)C1(C)C.CC(O)(c1ccccc1)[C@@H]1C[C@H](CCN2CCOCC2)C1(C)C. The molecule has 0 aromatic heterocycles. The molecule has 0 radical (unpaired) electrons. The molecule has 5 atom stereocenters. The van der Waals surface area contributed by atoms with Gasteiger partial charge in [0.2, 0.25) is 0 Å². The molecule has 2 saturated carbocycles. The van der Waals surface area contributed by atoms with E-state index in [1.54, 1.807) is 6.92 Å². The highest BCUT2D eigenvalue weighted by Gasteiger charge is 2.55. The summed E-state index contributed by atoms with van der Waals surface area (Å²) in [4.78, 5) is 16.5. The van der Waals surface area contributed by atoms with Crippen molar-refractivity contribution in [3.05, 3.63) is 35.9 Å². The van der Waals surface area contributed by atoms with Gasteiger partial charge in [-0.25, -0.2) is 0 Å². The van der Waals surface area contributed by atoms with E-state index in [1.807, 2.05) is 25.1 Å². The number of ether oxygens (including phenoxy) is 2. The minimum absolute atomic E-state index is 0.186. The lowest BCUT2D eigenvalue weighted by Gasteiger charge is -2.58. The van der Waals surface area contributed by atoms with E-state index in [9.17, 15) is 9.90 Å². The zero-order chi connectivity index (χ0) is 29.0. The van der Waals surface area contributed by atoms with Crippen LogP contribution in [0.1, 0.15) is 72.8 Å². The van der Waals surface area contributed by atoms with Gasteiger partial charge in [-0.05, 0) is 86.8 Å². The highest BCUT2D eigenvalue weighted by Crippen LogP contribution is 2.59. The monoisotopic (exact) mass is 556 g/mol. The van der Waals surface area contributed by atoms with Crippen molar-refractivity contribution in [1.29, 1.82) is 0 Å². The van der Waals surface area contributed by atoms with E-state index in [4.69, 9.17) is 9.47 Å². The number of rotatable bonds is 9. The number of morpholine rings is 2. The number of carbonyl (C=O) groups excluding carboxylic acids is 1. The van der Waals surface area contributed by atoms with Crippen molar-refractivity contribution in [2.75, 3.05) is 65.7 Å². The fourth-order valence-electron chi connectivity index (χ4n) is 7.96. The average Bonchev–Trinajstić information content (AvgIpc) is 2.93. The molecule has 2 heterocycles. The maximum absolute atomic E-state index is 11.5. The molecule has 1 aromatic carbocycles. The van der Waals surface area contributed by atoms with Gasteiger partial charge in [-0.1, -0.05) is 58.0 Å². The Kier molecular flexibility index (Phi) is 10.5. The van der Waals surface area contributed by atoms with E-state index in [2.05, 4.69) is 49.6 Å². The van der Waals surface area contributed by atoms with Crippen LogP contribution in [0.2, 0.25) is 0 Å².